The van der Waals surface area contributed by atoms with Crippen LogP contribution in [0.3, 0.4) is 0 Å². The zero-order valence-corrected chi connectivity index (χ0v) is 18.5. The van der Waals surface area contributed by atoms with Crippen molar-refractivity contribution >= 4 is 23.5 Å². The van der Waals surface area contributed by atoms with E-state index in [-0.39, 0.29) is 41.7 Å². The molecule has 3 amide bonds. The number of anilines is 1. The molecule has 2 atom stereocenters. The monoisotopic (exact) mass is 453 g/mol. The maximum Gasteiger partial charge on any atom is 0.261 e. The molecule has 3 aromatic rings. The van der Waals surface area contributed by atoms with Crippen LogP contribution < -0.4 is 5.32 Å². The molecule has 2 aliphatic rings. The number of carbonyl (C=O) groups excluding carboxylic acids is 3. The van der Waals surface area contributed by atoms with E-state index in [9.17, 15) is 19.6 Å². The predicted molar refractivity (Wildman–Crippen MR) is 124 cm³/mol. The molecule has 5 rings (SSSR count). The van der Waals surface area contributed by atoms with Gasteiger partial charge >= 0.3 is 0 Å². The molecule has 34 heavy (non-hydrogen) atoms. The second kappa shape index (κ2) is 8.94. The second-order valence-corrected chi connectivity index (χ2v) is 8.67. The van der Waals surface area contributed by atoms with Gasteiger partial charge in [0.25, 0.3) is 11.8 Å². The minimum absolute atomic E-state index is 0.158. The highest BCUT2D eigenvalue weighted by molar-refractivity contribution is 6.21. The van der Waals surface area contributed by atoms with Gasteiger partial charge in [0.2, 0.25) is 5.91 Å². The summed E-state index contributed by atoms with van der Waals surface area (Å²) in [4.78, 5) is 40.4. The largest absolute Gasteiger partial charge is 0.309 e. The maximum atomic E-state index is 13.4. The summed E-state index contributed by atoms with van der Waals surface area (Å²) >= 11 is 0. The van der Waals surface area contributed by atoms with Crippen LogP contribution in [0.2, 0.25) is 0 Å². The van der Waals surface area contributed by atoms with Gasteiger partial charge in [0.15, 0.2) is 5.82 Å². The number of aromatic nitrogens is 2. The molecule has 2 unspecified atom stereocenters. The Labute approximate surface area is 196 Å². The van der Waals surface area contributed by atoms with Crippen LogP contribution in [0, 0.1) is 23.2 Å². The maximum absolute atomic E-state index is 13.4. The lowest BCUT2D eigenvalue weighted by atomic mass is 9.78. The van der Waals surface area contributed by atoms with Crippen LogP contribution in [-0.4, -0.2) is 38.9 Å². The molecule has 1 aliphatic heterocycles. The first-order valence-corrected chi connectivity index (χ1v) is 11.4. The average molecular weight is 454 g/mol. The van der Waals surface area contributed by atoms with Crippen molar-refractivity contribution in [3.63, 3.8) is 0 Å². The summed E-state index contributed by atoms with van der Waals surface area (Å²) < 4.78 is 1.54. The standard InChI is InChI=1S/C26H23N5O3/c27-14-18-15-28-31(19-9-2-1-3-10-19)23(18)29-24(32)20-11-5-4-8-17(20)16-30-25(33)21-12-6-7-13-22(21)26(30)34/h1-3,6-7,9-10,12-13,15,17,20H,4-5,8,11,16H2,(H,29,32). The smallest absolute Gasteiger partial charge is 0.261 e. The van der Waals surface area contributed by atoms with Crippen molar-refractivity contribution in [1.82, 2.24) is 14.7 Å². The third kappa shape index (κ3) is 3.75. The van der Waals surface area contributed by atoms with Gasteiger partial charge in [-0.25, -0.2) is 4.68 Å². The Bertz CT molecular complexity index is 1270. The van der Waals surface area contributed by atoms with Crippen LogP contribution in [0.5, 0.6) is 0 Å². The van der Waals surface area contributed by atoms with Crippen molar-refractivity contribution in [2.75, 3.05) is 11.9 Å². The summed E-state index contributed by atoms with van der Waals surface area (Å²) in [6, 6.07) is 18.2. The molecule has 0 radical (unpaired) electrons. The fourth-order valence-corrected chi connectivity index (χ4v) is 4.94. The minimum Gasteiger partial charge on any atom is -0.309 e. The van der Waals surface area contributed by atoms with E-state index in [0.29, 0.717) is 23.4 Å². The van der Waals surface area contributed by atoms with Crippen LogP contribution >= 0.6 is 0 Å². The zero-order valence-electron chi connectivity index (χ0n) is 18.5. The topological polar surface area (TPSA) is 108 Å². The van der Waals surface area contributed by atoms with E-state index in [2.05, 4.69) is 16.5 Å². The number of hydrogen-bond acceptors (Lipinski definition) is 5. The van der Waals surface area contributed by atoms with Gasteiger partial charge in [-0.05, 0) is 43.0 Å². The van der Waals surface area contributed by atoms with E-state index < -0.39 is 0 Å². The Morgan fingerprint density at radius 1 is 1.00 bits per heavy atom. The summed E-state index contributed by atoms with van der Waals surface area (Å²) in [5, 5.41) is 16.8. The van der Waals surface area contributed by atoms with E-state index in [0.717, 1.165) is 24.9 Å². The SMILES string of the molecule is N#Cc1cnn(-c2ccccc2)c1NC(=O)C1CCCCC1CN1C(=O)c2ccccc2C1=O. The first-order valence-electron chi connectivity index (χ1n) is 11.4. The molecule has 8 nitrogen and oxygen atoms in total. The highest BCUT2D eigenvalue weighted by atomic mass is 16.2. The van der Waals surface area contributed by atoms with E-state index in [1.165, 1.54) is 11.1 Å². The number of amides is 3. The molecular formula is C26H23N5O3. The Hall–Kier alpha value is -4.25. The lowest BCUT2D eigenvalue weighted by Gasteiger charge is -2.32. The molecule has 1 aliphatic carbocycles. The van der Waals surface area contributed by atoms with Crippen LogP contribution in [-0.2, 0) is 4.79 Å². The second-order valence-electron chi connectivity index (χ2n) is 8.67. The molecule has 0 saturated heterocycles. The highest BCUT2D eigenvalue weighted by Gasteiger charge is 2.40. The number of imide groups is 1. The van der Waals surface area contributed by atoms with Gasteiger partial charge in [0, 0.05) is 12.5 Å². The number of benzene rings is 2. The fourth-order valence-electron chi connectivity index (χ4n) is 4.94. The summed E-state index contributed by atoms with van der Waals surface area (Å²) in [6.07, 6.45) is 4.65. The third-order valence-corrected chi connectivity index (χ3v) is 6.67. The van der Waals surface area contributed by atoms with Crippen LogP contribution in [0.25, 0.3) is 5.69 Å². The summed E-state index contributed by atoms with van der Waals surface area (Å²) in [5.74, 6) is -1.06. The molecule has 2 heterocycles. The van der Waals surface area contributed by atoms with Crippen molar-refractivity contribution in [2.45, 2.75) is 25.7 Å². The van der Waals surface area contributed by atoms with Crippen molar-refractivity contribution in [3.8, 4) is 11.8 Å². The van der Waals surface area contributed by atoms with Gasteiger partial charge in [-0.2, -0.15) is 10.4 Å². The molecule has 1 fully saturated rings. The lowest BCUT2D eigenvalue weighted by molar-refractivity contribution is -0.122. The molecule has 0 spiro atoms. The molecule has 1 N–H and O–H groups in total. The summed E-state index contributed by atoms with van der Waals surface area (Å²) in [5.41, 5.74) is 1.82. The van der Waals surface area contributed by atoms with Gasteiger partial charge in [-0.15, -0.1) is 0 Å². The summed E-state index contributed by atoms with van der Waals surface area (Å²) in [6.45, 7) is 0.202. The molecule has 0 bridgehead atoms. The molecule has 2 aromatic carbocycles. The number of nitriles is 1. The average Bonchev–Trinajstić information content (AvgIpc) is 3.39. The van der Waals surface area contributed by atoms with Gasteiger partial charge in [0.1, 0.15) is 11.6 Å². The van der Waals surface area contributed by atoms with Crippen molar-refractivity contribution in [1.29, 1.82) is 5.26 Å². The first kappa shape index (κ1) is 21.6. The van der Waals surface area contributed by atoms with E-state index in [4.69, 9.17) is 0 Å². The highest BCUT2D eigenvalue weighted by Crippen LogP contribution is 2.34. The fraction of sp³-hybridized carbons (Fsp3) is 0.269. The van der Waals surface area contributed by atoms with Crippen molar-refractivity contribution in [2.24, 2.45) is 11.8 Å². The zero-order chi connectivity index (χ0) is 23.7. The number of rotatable bonds is 5. The van der Waals surface area contributed by atoms with Crippen LogP contribution in [0.4, 0.5) is 5.82 Å². The molecule has 1 aromatic heterocycles. The number of fused-ring (bicyclic) bond motifs is 1. The molecule has 170 valence electrons. The number of hydrogen-bond donors (Lipinski definition) is 1. The predicted octanol–water partition coefficient (Wildman–Crippen LogP) is 3.79. The third-order valence-electron chi connectivity index (χ3n) is 6.67. The number of para-hydroxylation sites is 1. The Balaban J connectivity index is 1.37. The molecular weight excluding hydrogens is 430 g/mol. The van der Waals surface area contributed by atoms with Gasteiger partial charge in [0.05, 0.1) is 23.0 Å². The van der Waals surface area contributed by atoms with Gasteiger partial charge < -0.3 is 5.32 Å². The Morgan fingerprint density at radius 2 is 1.65 bits per heavy atom. The van der Waals surface area contributed by atoms with Crippen LogP contribution in [0.1, 0.15) is 52.0 Å². The van der Waals surface area contributed by atoms with E-state index >= 15 is 0 Å². The Morgan fingerprint density at radius 3 is 2.32 bits per heavy atom. The quantitative estimate of drug-likeness (QED) is 0.592. The molecule has 1 saturated carbocycles. The van der Waals surface area contributed by atoms with E-state index in [1.807, 2.05) is 30.3 Å². The number of nitrogens with one attached hydrogen (secondary N) is 1. The van der Waals surface area contributed by atoms with Crippen molar-refractivity contribution < 1.29 is 14.4 Å². The minimum atomic E-state index is -0.385. The van der Waals surface area contributed by atoms with E-state index in [1.54, 1.807) is 28.9 Å². The summed E-state index contributed by atoms with van der Waals surface area (Å²) in [7, 11) is 0. The van der Waals surface area contributed by atoms with Gasteiger partial charge in [-0.3, -0.25) is 19.3 Å². The van der Waals surface area contributed by atoms with Crippen LogP contribution in [0.15, 0.2) is 60.8 Å². The van der Waals surface area contributed by atoms with Gasteiger partial charge in [-0.1, -0.05) is 43.2 Å². The molecule has 8 heteroatoms. The lowest BCUT2D eigenvalue weighted by Crippen LogP contribution is -2.41. The Kier molecular flexibility index (Phi) is 5.68. The number of carbonyl (C=O) groups is 3. The van der Waals surface area contributed by atoms with Crippen molar-refractivity contribution in [3.05, 3.63) is 77.5 Å². The number of nitrogens with zero attached hydrogens (tertiary/aromatic N) is 4. The first-order chi connectivity index (χ1) is 16.6. The normalized spacial score (nSPS) is 19.6.